The summed E-state index contributed by atoms with van der Waals surface area (Å²) in [5.74, 6) is 0.771. The van der Waals surface area contributed by atoms with Gasteiger partial charge >= 0.3 is 0 Å². The van der Waals surface area contributed by atoms with Gasteiger partial charge in [0.2, 0.25) is 5.91 Å². The summed E-state index contributed by atoms with van der Waals surface area (Å²) in [6, 6.07) is 23.2. The minimum absolute atomic E-state index is 0.0214. The Morgan fingerprint density at radius 3 is 2.45 bits per heavy atom. The van der Waals surface area contributed by atoms with Gasteiger partial charge in [-0.25, -0.2) is 0 Å². The Labute approximate surface area is 232 Å². The van der Waals surface area contributed by atoms with Crippen molar-refractivity contribution in [1.82, 2.24) is 14.8 Å². The lowest BCUT2D eigenvalue weighted by Gasteiger charge is -2.29. The SMILES string of the molecule is COc1ccc(CN(CCc2c[nH]c3ccccc23)C(=O)CN(CC(C)C)C(=O)c2cccc(Br)c2)cc1. The predicted octanol–water partition coefficient (Wildman–Crippen LogP) is 6.31. The number of hydrogen-bond donors (Lipinski definition) is 1. The molecule has 38 heavy (non-hydrogen) atoms. The van der Waals surface area contributed by atoms with Crippen LogP contribution in [0.1, 0.15) is 35.3 Å². The van der Waals surface area contributed by atoms with Crippen LogP contribution in [0.15, 0.2) is 83.5 Å². The van der Waals surface area contributed by atoms with Crippen LogP contribution in [0.2, 0.25) is 0 Å². The van der Waals surface area contributed by atoms with E-state index in [1.54, 1.807) is 24.1 Å². The van der Waals surface area contributed by atoms with Gasteiger partial charge in [-0.3, -0.25) is 9.59 Å². The zero-order valence-electron chi connectivity index (χ0n) is 22.1. The summed E-state index contributed by atoms with van der Waals surface area (Å²) in [7, 11) is 1.64. The Kier molecular flexibility index (Phi) is 9.24. The maximum atomic E-state index is 13.8. The van der Waals surface area contributed by atoms with E-state index < -0.39 is 0 Å². The number of aromatic nitrogens is 1. The van der Waals surface area contributed by atoms with Crippen molar-refractivity contribution in [2.75, 3.05) is 26.7 Å². The van der Waals surface area contributed by atoms with Gasteiger partial charge in [0.1, 0.15) is 12.3 Å². The van der Waals surface area contributed by atoms with Crippen LogP contribution in [-0.4, -0.2) is 53.3 Å². The van der Waals surface area contributed by atoms with Crippen molar-refractivity contribution in [2.45, 2.75) is 26.8 Å². The van der Waals surface area contributed by atoms with Crippen LogP contribution in [0.3, 0.4) is 0 Å². The van der Waals surface area contributed by atoms with Crippen molar-refractivity contribution >= 4 is 38.6 Å². The number of fused-ring (bicyclic) bond motifs is 1. The summed E-state index contributed by atoms with van der Waals surface area (Å²) in [5, 5.41) is 1.16. The van der Waals surface area contributed by atoms with Gasteiger partial charge in [-0.1, -0.05) is 66.2 Å². The Morgan fingerprint density at radius 2 is 1.74 bits per heavy atom. The minimum atomic E-state index is -0.144. The molecule has 0 unspecified atom stereocenters. The Balaban J connectivity index is 1.56. The van der Waals surface area contributed by atoms with E-state index >= 15 is 0 Å². The zero-order chi connectivity index (χ0) is 27.1. The Hall–Kier alpha value is -3.58. The second-order valence-corrected chi connectivity index (χ2v) is 10.8. The molecular weight excluding hydrogens is 542 g/mol. The van der Waals surface area contributed by atoms with Gasteiger partial charge in [0.15, 0.2) is 0 Å². The van der Waals surface area contributed by atoms with Crippen LogP contribution in [-0.2, 0) is 17.8 Å². The maximum Gasteiger partial charge on any atom is 0.254 e. The van der Waals surface area contributed by atoms with Gasteiger partial charge < -0.3 is 19.5 Å². The first-order valence-corrected chi connectivity index (χ1v) is 13.6. The standard InChI is InChI=1S/C31H34BrN3O3/c1-22(2)19-35(31(37)24-7-6-8-26(32)17-24)21-30(36)34(20-23-11-13-27(38-3)14-12-23)16-15-25-18-33-29-10-5-4-9-28(25)29/h4-14,17-18,22,33H,15-16,19-21H2,1-3H3. The fourth-order valence-electron chi connectivity index (χ4n) is 4.56. The molecule has 0 atom stereocenters. The van der Waals surface area contributed by atoms with Gasteiger partial charge in [-0.2, -0.15) is 0 Å². The molecule has 0 bridgehead atoms. The van der Waals surface area contributed by atoms with E-state index in [-0.39, 0.29) is 24.3 Å². The molecule has 0 spiro atoms. The van der Waals surface area contributed by atoms with Crippen molar-refractivity contribution < 1.29 is 14.3 Å². The number of H-pyrrole nitrogens is 1. The molecule has 4 aromatic rings. The van der Waals surface area contributed by atoms with E-state index in [4.69, 9.17) is 4.74 Å². The van der Waals surface area contributed by atoms with Gasteiger partial charge in [0.25, 0.3) is 5.91 Å². The molecule has 0 fully saturated rings. The number of rotatable bonds is 11. The highest BCUT2D eigenvalue weighted by atomic mass is 79.9. The van der Waals surface area contributed by atoms with Crippen molar-refractivity contribution in [3.63, 3.8) is 0 Å². The van der Waals surface area contributed by atoms with Gasteiger partial charge in [-0.15, -0.1) is 0 Å². The third-order valence-corrected chi connectivity index (χ3v) is 6.97. The number of amides is 2. The number of ether oxygens (including phenoxy) is 1. The summed E-state index contributed by atoms with van der Waals surface area (Å²) < 4.78 is 6.13. The van der Waals surface area contributed by atoms with E-state index in [0.717, 1.165) is 32.3 Å². The molecular formula is C31H34BrN3O3. The normalized spacial score (nSPS) is 11.1. The number of para-hydroxylation sites is 1. The molecule has 6 nitrogen and oxygen atoms in total. The second kappa shape index (κ2) is 12.8. The predicted molar refractivity (Wildman–Crippen MR) is 155 cm³/mol. The Morgan fingerprint density at radius 1 is 0.974 bits per heavy atom. The molecule has 0 radical (unpaired) electrons. The van der Waals surface area contributed by atoms with Gasteiger partial charge in [0, 0.05) is 46.8 Å². The number of nitrogens with zero attached hydrogens (tertiary/aromatic N) is 2. The average Bonchev–Trinajstić information content (AvgIpc) is 3.33. The van der Waals surface area contributed by atoms with Crippen LogP contribution in [0.4, 0.5) is 0 Å². The first-order valence-electron chi connectivity index (χ1n) is 12.8. The van der Waals surface area contributed by atoms with E-state index in [0.29, 0.717) is 31.6 Å². The molecule has 0 aliphatic carbocycles. The topological polar surface area (TPSA) is 65.6 Å². The van der Waals surface area contributed by atoms with E-state index in [1.807, 2.05) is 59.6 Å². The number of benzene rings is 3. The fourth-order valence-corrected chi connectivity index (χ4v) is 4.96. The first-order chi connectivity index (χ1) is 18.3. The molecule has 0 saturated heterocycles. The number of nitrogens with one attached hydrogen (secondary N) is 1. The van der Waals surface area contributed by atoms with Crippen molar-refractivity contribution in [1.29, 1.82) is 0 Å². The van der Waals surface area contributed by atoms with Crippen LogP contribution in [0.5, 0.6) is 5.75 Å². The summed E-state index contributed by atoms with van der Waals surface area (Å²) in [6.45, 7) is 5.61. The summed E-state index contributed by atoms with van der Waals surface area (Å²) in [5.41, 5.74) is 3.82. The molecule has 1 N–H and O–H groups in total. The van der Waals surface area contributed by atoms with Gasteiger partial charge in [-0.05, 0) is 59.9 Å². The minimum Gasteiger partial charge on any atom is -0.497 e. The monoisotopic (exact) mass is 575 g/mol. The quantitative estimate of drug-likeness (QED) is 0.228. The van der Waals surface area contributed by atoms with E-state index in [2.05, 4.69) is 46.9 Å². The number of halogens is 1. The van der Waals surface area contributed by atoms with Crippen molar-refractivity contribution in [3.05, 3.63) is 100 Å². The molecule has 0 aliphatic rings. The molecule has 4 rings (SSSR count). The smallest absolute Gasteiger partial charge is 0.254 e. The molecule has 7 heteroatoms. The molecule has 0 saturated carbocycles. The lowest BCUT2D eigenvalue weighted by molar-refractivity contribution is -0.132. The van der Waals surface area contributed by atoms with Gasteiger partial charge in [0.05, 0.1) is 7.11 Å². The second-order valence-electron chi connectivity index (χ2n) is 9.86. The number of aromatic amines is 1. The highest BCUT2D eigenvalue weighted by molar-refractivity contribution is 9.10. The summed E-state index contributed by atoms with van der Waals surface area (Å²) in [6.07, 6.45) is 2.72. The number of carbonyl (C=O) groups is 2. The van der Waals surface area contributed by atoms with Crippen LogP contribution in [0, 0.1) is 5.92 Å². The molecule has 2 amide bonds. The zero-order valence-corrected chi connectivity index (χ0v) is 23.7. The highest BCUT2D eigenvalue weighted by Gasteiger charge is 2.24. The van der Waals surface area contributed by atoms with Crippen LogP contribution in [0.25, 0.3) is 10.9 Å². The molecule has 1 aromatic heterocycles. The molecule has 198 valence electrons. The lowest BCUT2D eigenvalue weighted by Crippen LogP contribution is -2.44. The third-order valence-electron chi connectivity index (χ3n) is 6.48. The van der Waals surface area contributed by atoms with Crippen LogP contribution < -0.4 is 4.74 Å². The number of carbonyl (C=O) groups excluding carboxylic acids is 2. The first kappa shape index (κ1) is 27.5. The summed E-state index contributed by atoms with van der Waals surface area (Å²) in [4.78, 5) is 34.0. The highest BCUT2D eigenvalue weighted by Crippen LogP contribution is 2.20. The molecule has 0 aliphatic heterocycles. The molecule has 3 aromatic carbocycles. The van der Waals surface area contributed by atoms with E-state index in [1.165, 1.54) is 0 Å². The van der Waals surface area contributed by atoms with E-state index in [9.17, 15) is 9.59 Å². The van der Waals surface area contributed by atoms with Crippen molar-refractivity contribution in [2.24, 2.45) is 5.92 Å². The maximum absolute atomic E-state index is 13.8. The summed E-state index contributed by atoms with van der Waals surface area (Å²) >= 11 is 3.45. The fraction of sp³-hybridized carbons (Fsp3) is 0.290. The van der Waals surface area contributed by atoms with Crippen LogP contribution >= 0.6 is 15.9 Å². The average molecular weight is 577 g/mol. The Bertz CT molecular complexity index is 1380. The number of hydrogen-bond acceptors (Lipinski definition) is 3. The number of methoxy groups -OCH3 is 1. The largest absolute Gasteiger partial charge is 0.497 e. The van der Waals surface area contributed by atoms with Crippen molar-refractivity contribution in [3.8, 4) is 5.75 Å². The third kappa shape index (κ3) is 7.04. The lowest BCUT2D eigenvalue weighted by atomic mass is 10.1. The molecule has 1 heterocycles.